The molecule has 0 aliphatic heterocycles. The van der Waals surface area contributed by atoms with Crippen molar-refractivity contribution in [2.45, 2.75) is 0 Å². The SMILES string of the molecule is O=C(NNC(=O)c1c(Cl)cccc1Cl)c1ccncc1. The lowest BCUT2D eigenvalue weighted by molar-refractivity contribution is 0.0847. The van der Waals surface area contributed by atoms with E-state index in [4.69, 9.17) is 23.2 Å². The molecule has 2 amide bonds. The predicted octanol–water partition coefficient (Wildman–Crippen LogP) is 2.46. The van der Waals surface area contributed by atoms with Crippen LogP contribution in [0.3, 0.4) is 0 Å². The normalized spacial score (nSPS) is 9.90. The minimum Gasteiger partial charge on any atom is -0.267 e. The predicted molar refractivity (Wildman–Crippen MR) is 75.6 cm³/mol. The van der Waals surface area contributed by atoms with Gasteiger partial charge in [-0.3, -0.25) is 25.4 Å². The molecule has 2 aromatic rings. The number of carbonyl (C=O) groups excluding carboxylic acids is 2. The first-order chi connectivity index (χ1) is 9.59. The molecule has 0 saturated heterocycles. The zero-order chi connectivity index (χ0) is 14.5. The van der Waals surface area contributed by atoms with Gasteiger partial charge in [0.2, 0.25) is 0 Å². The van der Waals surface area contributed by atoms with Crippen LogP contribution in [0, 0.1) is 0 Å². The lowest BCUT2D eigenvalue weighted by atomic mass is 10.2. The second-order valence-electron chi connectivity index (χ2n) is 3.74. The summed E-state index contributed by atoms with van der Waals surface area (Å²) in [6.07, 6.45) is 2.95. The van der Waals surface area contributed by atoms with Crippen molar-refractivity contribution < 1.29 is 9.59 Å². The highest BCUT2D eigenvalue weighted by Gasteiger charge is 2.15. The fraction of sp³-hybridized carbons (Fsp3) is 0. The highest BCUT2D eigenvalue weighted by molar-refractivity contribution is 6.39. The first kappa shape index (κ1) is 14.3. The van der Waals surface area contributed by atoms with Crippen molar-refractivity contribution in [3.8, 4) is 0 Å². The minimum atomic E-state index is -0.594. The molecule has 2 N–H and O–H groups in total. The van der Waals surface area contributed by atoms with Crippen LogP contribution in [0.4, 0.5) is 0 Å². The average molecular weight is 310 g/mol. The zero-order valence-corrected chi connectivity index (χ0v) is 11.6. The first-order valence-corrected chi connectivity index (χ1v) is 6.30. The Bertz CT molecular complexity index is 627. The van der Waals surface area contributed by atoms with Gasteiger partial charge in [-0.25, -0.2) is 0 Å². The number of nitrogens with one attached hydrogen (secondary N) is 2. The Morgan fingerprint density at radius 1 is 0.900 bits per heavy atom. The Morgan fingerprint density at radius 2 is 1.45 bits per heavy atom. The Kier molecular flexibility index (Phi) is 4.55. The first-order valence-electron chi connectivity index (χ1n) is 5.54. The Hall–Kier alpha value is -2.11. The van der Waals surface area contributed by atoms with E-state index in [0.29, 0.717) is 5.56 Å². The quantitative estimate of drug-likeness (QED) is 0.837. The molecule has 2 rings (SSSR count). The molecule has 0 saturated carbocycles. The summed E-state index contributed by atoms with van der Waals surface area (Å²) >= 11 is 11.8. The van der Waals surface area contributed by atoms with Crippen LogP contribution in [0.25, 0.3) is 0 Å². The molecular weight excluding hydrogens is 301 g/mol. The van der Waals surface area contributed by atoms with Gasteiger partial charge in [-0.2, -0.15) is 0 Å². The molecule has 0 atom stereocenters. The van der Waals surface area contributed by atoms with E-state index < -0.39 is 11.8 Å². The van der Waals surface area contributed by atoms with E-state index in [9.17, 15) is 9.59 Å². The van der Waals surface area contributed by atoms with Crippen LogP contribution in [-0.4, -0.2) is 16.8 Å². The number of hydrogen-bond acceptors (Lipinski definition) is 3. The summed E-state index contributed by atoms with van der Waals surface area (Å²) in [4.78, 5) is 27.4. The molecule has 0 spiro atoms. The van der Waals surface area contributed by atoms with Crippen molar-refractivity contribution in [3.05, 3.63) is 63.9 Å². The third-order valence-corrected chi connectivity index (χ3v) is 3.05. The van der Waals surface area contributed by atoms with Crippen LogP contribution >= 0.6 is 23.2 Å². The Morgan fingerprint density at radius 3 is 2.05 bits per heavy atom. The summed E-state index contributed by atoms with van der Waals surface area (Å²) < 4.78 is 0. The van der Waals surface area contributed by atoms with Crippen molar-refractivity contribution in [2.24, 2.45) is 0 Å². The highest BCUT2D eigenvalue weighted by atomic mass is 35.5. The maximum atomic E-state index is 11.9. The average Bonchev–Trinajstić information content (AvgIpc) is 2.45. The van der Waals surface area contributed by atoms with Crippen LogP contribution in [0.2, 0.25) is 10.0 Å². The van der Waals surface area contributed by atoms with E-state index in [1.807, 2.05) is 0 Å². The molecule has 0 radical (unpaired) electrons. The lowest BCUT2D eigenvalue weighted by Crippen LogP contribution is -2.41. The number of benzene rings is 1. The number of rotatable bonds is 2. The molecule has 0 unspecified atom stereocenters. The number of nitrogens with zero attached hydrogens (tertiary/aromatic N) is 1. The van der Waals surface area contributed by atoms with Crippen LogP contribution in [0.5, 0.6) is 0 Å². The highest BCUT2D eigenvalue weighted by Crippen LogP contribution is 2.23. The fourth-order valence-corrected chi connectivity index (χ4v) is 2.04. The van der Waals surface area contributed by atoms with Crippen molar-refractivity contribution in [3.63, 3.8) is 0 Å². The van der Waals surface area contributed by atoms with Gasteiger partial charge in [-0.1, -0.05) is 29.3 Å². The van der Waals surface area contributed by atoms with Gasteiger partial charge < -0.3 is 0 Å². The van der Waals surface area contributed by atoms with Gasteiger partial charge in [-0.05, 0) is 24.3 Å². The van der Waals surface area contributed by atoms with Crippen LogP contribution in [0.15, 0.2) is 42.7 Å². The van der Waals surface area contributed by atoms with E-state index >= 15 is 0 Å². The van der Waals surface area contributed by atoms with Gasteiger partial charge >= 0.3 is 0 Å². The number of halogens is 2. The van der Waals surface area contributed by atoms with E-state index in [1.165, 1.54) is 36.7 Å². The summed E-state index contributed by atoms with van der Waals surface area (Å²) in [5.74, 6) is -1.06. The van der Waals surface area contributed by atoms with E-state index in [0.717, 1.165) is 0 Å². The topological polar surface area (TPSA) is 71.1 Å². The van der Waals surface area contributed by atoms with Crippen molar-refractivity contribution >= 4 is 35.0 Å². The van der Waals surface area contributed by atoms with Gasteiger partial charge in [0.05, 0.1) is 15.6 Å². The molecule has 1 heterocycles. The van der Waals surface area contributed by atoms with E-state index in [1.54, 1.807) is 6.07 Å². The summed E-state index contributed by atoms with van der Waals surface area (Å²) in [7, 11) is 0. The van der Waals surface area contributed by atoms with Crippen LogP contribution in [-0.2, 0) is 0 Å². The van der Waals surface area contributed by atoms with E-state index in [2.05, 4.69) is 15.8 Å². The van der Waals surface area contributed by atoms with Gasteiger partial charge in [0.1, 0.15) is 0 Å². The Labute approximate surface area is 124 Å². The molecule has 1 aromatic carbocycles. The monoisotopic (exact) mass is 309 g/mol. The molecule has 1 aromatic heterocycles. The molecule has 20 heavy (non-hydrogen) atoms. The number of amides is 2. The molecule has 7 heteroatoms. The molecule has 0 bridgehead atoms. The molecule has 102 valence electrons. The lowest BCUT2D eigenvalue weighted by Gasteiger charge is -2.09. The summed E-state index contributed by atoms with van der Waals surface area (Å²) in [5, 5.41) is 0.404. The molecule has 0 fully saturated rings. The third-order valence-electron chi connectivity index (χ3n) is 2.42. The van der Waals surface area contributed by atoms with Crippen LogP contribution < -0.4 is 10.9 Å². The largest absolute Gasteiger partial charge is 0.272 e. The molecule has 0 aliphatic carbocycles. The standard InChI is InChI=1S/C13H9Cl2N3O2/c14-9-2-1-3-10(15)11(9)13(20)18-17-12(19)8-4-6-16-7-5-8/h1-7H,(H,17,19)(H,18,20). The summed E-state index contributed by atoms with van der Waals surface area (Å²) in [5.41, 5.74) is 4.99. The fourth-order valence-electron chi connectivity index (χ4n) is 1.47. The van der Waals surface area contributed by atoms with Crippen molar-refractivity contribution in [2.75, 3.05) is 0 Å². The maximum Gasteiger partial charge on any atom is 0.272 e. The second-order valence-corrected chi connectivity index (χ2v) is 4.56. The van der Waals surface area contributed by atoms with Crippen molar-refractivity contribution in [1.29, 1.82) is 0 Å². The van der Waals surface area contributed by atoms with Gasteiger partial charge in [0.15, 0.2) is 0 Å². The minimum absolute atomic E-state index is 0.103. The number of hydrazine groups is 1. The smallest absolute Gasteiger partial charge is 0.267 e. The molecule has 0 aliphatic rings. The van der Waals surface area contributed by atoms with Gasteiger partial charge in [-0.15, -0.1) is 0 Å². The number of aromatic nitrogens is 1. The Balaban J connectivity index is 2.05. The van der Waals surface area contributed by atoms with Gasteiger partial charge in [0, 0.05) is 18.0 Å². The third kappa shape index (κ3) is 3.26. The maximum absolute atomic E-state index is 11.9. The van der Waals surface area contributed by atoms with E-state index in [-0.39, 0.29) is 15.6 Å². The molecular formula is C13H9Cl2N3O2. The summed E-state index contributed by atoms with van der Waals surface area (Å²) in [6, 6.07) is 7.73. The molecule has 5 nitrogen and oxygen atoms in total. The summed E-state index contributed by atoms with van der Waals surface area (Å²) in [6.45, 7) is 0. The zero-order valence-electron chi connectivity index (χ0n) is 10.1. The number of pyridine rings is 1. The number of hydrogen-bond donors (Lipinski definition) is 2. The van der Waals surface area contributed by atoms with Gasteiger partial charge in [0.25, 0.3) is 11.8 Å². The number of carbonyl (C=O) groups is 2. The van der Waals surface area contributed by atoms with Crippen molar-refractivity contribution in [1.82, 2.24) is 15.8 Å². The second kappa shape index (κ2) is 6.36. The van der Waals surface area contributed by atoms with Crippen LogP contribution in [0.1, 0.15) is 20.7 Å².